The summed E-state index contributed by atoms with van der Waals surface area (Å²) in [6, 6.07) is 51.0. The number of rotatable bonds is 15. The van der Waals surface area contributed by atoms with Crippen LogP contribution in [0.5, 0.6) is 0 Å². The van der Waals surface area contributed by atoms with E-state index in [0.29, 0.717) is 19.8 Å². The molecular weight excluding hydrogens is 653 g/mol. The third-order valence-electron chi connectivity index (χ3n) is 9.54. The lowest BCUT2D eigenvalue weighted by Crippen LogP contribution is -2.68. The van der Waals surface area contributed by atoms with E-state index in [4.69, 9.17) is 23.4 Å². The van der Waals surface area contributed by atoms with Crippen molar-refractivity contribution in [2.75, 3.05) is 6.61 Å². The molecule has 1 aliphatic heterocycles. The molecule has 0 N–H and O–H groups in total. The number of benzene rings is 5. The van der Waals surface area contributed by atoms with E-state index in [1.54, 1.807) is 0 Å². The van der Waals surface area contributed by atoms with E-state index in [1.165, 1.54) is 0 Å². The summed E-state index contributed by atoms with van der Waals surface area (Å²) in [6.07, 6.45) is -2.70. The fraction of sp³-hybridized carbons (Fsp3) is 0.295. The predicted octanol–water partition coefficient (Wildman–Crippen LogP) is 7.29. The van der Waals surface area contributed by atoms with Gasteiger partial charge >= 0.3 is 0 Å². The lowest BCUT2D eigenvalue weighted by molar-refractivity contribution is -0.261. The van der Waals surface area contributed by atoms with Gasteiger partial charge in [0.15, 0.2) is 6.29 Å². The molecule has 1 fully saturated rings. The Labute approximate surface area is 303 Å². The molecule has 5 atom stereocenters. The monoisotopic (exact) mass is 700 g/mol. The predicted molar refractivity (Wildman–Crippen MR) is 203 cm³/mol. The summed E-state index contributed by atoms with van der Waals surface area (Å²) in [5, 5.41) is 2.07. The molecule has 0 aliphatic carbocycles. The van der Waals surface area contributed by atoms with E-state index in [1.807, 2.05) is 103 Å². The van der Waals surface area contributed by atoms with Gasteiger partial charge in [-0.1, -0.05) is 172 Å². The minimum absolute atomic E-state index is 0.188. The van der Waals surface area contributed by atoms with E-state index in [2.05, 4.69) is 69.3 Å². The topological polar surface area (TPSA) is 63.2 Å². The maximum absolute atomic E-state index is 12.9. The minimum atomic E-state index is -2.95. The smallest absolute Gasteiger partial charge is 0.261 e. The van der Waals surface area contributed by atoms with Gasteiger partial charge in [-0.15, -0.1) is 0 Å². The third-order valence-corrected chi connectivity index (χ3v) is 14.5. The first-order chi connectivity index (χ1) is 24.9. The van der Waals surface area contributed by atoms with Gasteiger partial charge in [-0.05, 0) is 32.1 Å². The van der Waals surface area contributed by atoms with Gasteiger partial charge < -0.3 is 28.2 Å². The largest absolute Gasteiger partial charge is 0.405 e. The lowest BCUT2D eigenvalue weighted by Gasteiger charge is -2.47. The maximum atomic E-state index is 12.9. The standard InChI is InChI=1S/C44H48O6Si/c1-44(2,3)51(37-25-15-7-16-26-37,38-27-17-8-18-28-38)49-33-40-42(47-31-35-21-11-5-12-22-35)43(48-32-36-23-13-6-14-24-36)41(39(29-45)50-40)46-30-34-19-9-4-10-20-34/h4-29,39-43H,30-33H2,1-3H3/t39-,40+,41-,42-,43+/m0/s1. The van der Waals surface area contributed by atoms with Crippen molar-refractivity contribution in [3.05, 3.63) is 168 Å². The normalized spacial score (nSPS) is 20.9. The van der Waals surface area contributed by atoms with Gasteiger partial charge in [0.05, 0.1) is 26.4 Å². The van der Waals surface area contributed by atoms with Crippen LogP contribution in [0.3, 0.4) is 0 Å². The fourth-order valence-electron chi connectivity index (χ4n) is 7.04. The Kier molecular flexibility index (Phi) is 12.4. The molecular formula is C44H48O6Si. The van der Waals surface area contributed by atoms with Gasteiger partial charge in [-0.3, -0.25) is 0 Å². The zero-order valence-electron chi connectivity index (χ0n) is 29.7. The summed E-state index contributed by atoms with van der Waals surface area (Å²) in [6.45, 7) is 7.86. The van der Waals surface area contributed by atoms with Gasteiger partial charge in [0, 0.05) is 0 Å². The molecule has 51 heavy (non-hydrogen) atoms. The van der Waals surface area contributed by atoms with Crippen LogP contribution in [0, 0.1) is 0 Å². The number of hydrogen-bond donors (Lipinski definition) is 0. The van der Waals surface area contributed by atoms with Crippen LogP contribution in [-0.2, 0) is 48.0 Å². The van der Waals surface area contributed by atoms with Crippen molar-refractivity contribution in [3.8, 4) is 0 Å². The fourth-order valence-corrected chi connectivity index (χ4v) is 11.6. The highest BCUT2D eigenvalue weighted by molar-refractivity contribution is 6.99. The van der Waals surface area contributed by atoms with E-state index in [0.717, 1.165) is 33.3 Å². The summed E-state index contributed by atoms with van der Waals surface area (Å²) in [5.74, 6) is 0. The molecule has 5 aromatic carbocycles. The average molecular weight is 701 g/mol. The first kappa shape index (κ1) is 36.6. The zero-order chi connectivity index (χ0) is 35.5. The van der Waals surface area contributed by atoms with Crippen LogP contribution in [0.2, 0.25) is 5.04 Å². The molecule has 1 heterocycles. The van der Waals surface area contributed by atoms with Crippen molar-refractivity contribution >= 4 is 25.0 Å². The molecule has 1 aliphatic rings. The van der Waals surface area contributed by atoms with E-state index in [-0.39, 0.29) is 11.6 Å². The highest BCUT2D eigenvalue weighted by Crippen LogP contribution is 2.38. The van der Waals surface area contributed by atoms with Crippen LogP contribution in [0.4, 0.5) is 0 Å². The average Bonchev–Trinajstić information content (AvgIpc) is 3.17. The number of ether oxygens (including phenoxy) is 4. The Bertz CT molecular complexity index is 1710. The summed E-state index contributed by atoms with van der Waals surface area (Å²) < 4.78 is 34.2. The number of carbonyl (C=O) groups is 1. The first-order valence-corrected chi connectivity index (χ1v) is 19.6. The molecule has 6 rings (SSSR count). The van der Waals surface area contributed by atoms with Crippen molar-refractivity contribution in [3.63, 3.8) is 0 Å². The van der Waals surface area contributed by atoms with Crippen molar-refractivity contribution in [1.29, 1.82) is 0 Å². The molecule has 5 aromatic rings. The molecule has 0 aromatic heterocycles. The molecule has 7 heteroatoms. The zero-order valence-corrected chi connectivity index (χ0v) is 30.7. The van der Waals surface area contributed by atoms with E-state index < -0.39 is 38.8 Å². The number of hydrogen-bond acceptors (Lipinski definition) is 6. The van der Waals surface area contributed by atoms with Crippen molar-refractivity contribution in [2.24, 2.45) is 0 Å². The summed E-state index contributed by atoms with van der Waals surface area (Å²) >= 11 is 0. The van der Waals surface area contributed by atoms with Gasteiger partial charge in [0.25, 0.3) is 8.32 Å². The maximum Gasteiger partial charge on any atom is 0.261 e. The van der Waals surface area contributed by atoms with Gasteiger partial charge in [0.2, 0.25) is 0 Å². The van der Waals surface area contributed by atoms with Gasteiger partial charge in [-0.25, -0.2) is 0 Å². The van der Waals surface area contributed by atoms with Crippen LogP contribution >= 0.6 is 0 Å². The molecule has 6 nitrogen and oxygen atoms in total. The highest BCUT2D eigenvalue weighted by Gasteiger charge is 2.53. The summed E-state index contributed by atoms with van der Waals surface area (Å²) in [7, 11) is -2.95. The molecule has 0 amide bonds. The second-order valence-corrected chi connectivity index (χ2v) is 18.3. The molecule has 1 saturated heterocycles. The van der Waals surface area contributed by atoms with Crippen molar-refractivity contribution in [2.45, 2.75) is 76.1 Å². The lowest BCUT2D eigenvalue weighted by atomic mass is 9.94. The van der Waals surface area contributed by atoms with E-state index in [9.17, 15) is 4.79 Å². The van der Waals surface area contributed by atoms with Crippen LogP contribution in [0.25, 0.3) is 0 Å². The number of aldehydes is 1. The second-order valence-electron chi connectivity index (χ2n) is 14.0. The first-order valence-electron chi connectivity index (χ1n) is 17.7. The number of carbonyl (C=O) groups excluding carboxylic acids is 1. The van der Waals surface area contributed by atoms with Crippen LogP contribution in [0.1, 0.15) is 37.5 Å². The van der Waals surface area contributed by atoms with Crippen molar-refractivity contribution < 1.29 is 28.2 Å². The molecule has 0 spiro atoms. The minimum Gasteiger partial charge on any atom is -0.405 e. The SMILES string of the molecule is CC(C)(C)[Si](OC[C@H]1O[C@@H](C=O)[C@H](OCc2ccccc2)[C@@H](OCc2ccccc2)[C@H]1OCc1ccccc1)(c1ccccc1)c1ccccc1. The van der Waals surface area contributed by atoms with Crippen LogP contribution in [-0.4, -0.2) is 51.7 Å². The van der Waals surface area contributed by atoms with Crippen LogP contribution < -0.4 is 10.4 Å². The molecule has 0 saturated carbocycles. The molecule has 264 valence electrons. The second kappa shape index (κ2) is 17.3. The highest BCUT2D eigenvalue weighted by atomic mass is 28.4. The Hall–Kier alpha value is -4.21. The Morgan fingerprint density at radius 2 is 0.922 bits per heavy atom. The summed E-state index contributed by atoms with van der Waals surface area (Å²) in [5.41, 5.74) is 3.02. The third kappa shape index (κ3) is 8.82. The molecule has 0 radical (unpaired) electrons. The van der Waals surface area contributed by atoms with E-state index >= 15 is 0 Å². The van der Waals surface area contributed by atoms with Gasteiger partial charge in [-0.2, -0.15) is 0 Å². The van der Waals surface area contributed by atoms with Gasteiger partial charge in [0.1, 0.15) is 30.5 Å². The Morgan fingerprint density at radius 3 is 1.31 bits per heavy atom. The Balaban J connectivity index is 1.38. The quantitative estimate of drug-likeness (QED) is 0.0845. The molecule has 0 unspecified atom stereocenters. The molecule has 0 bridgehead atoms. The Morgan fingerprint density at radius 1 is 0.549 bits per heavy atom. The van der Waals surface area contributed by atoms with Crippen molar-refractivity contribution in [1.82, 2.24) is 0 Å². The summed E-state index contributed by atoms with van der Waals surface area (Å²) in [4.78, 5) is 12.9. The van der Waals surface area contributed by atoms with Crippen LogP contribution in [0.15, 0.2) is 152 Å².